The Bertz CT molecular complexity index is 1370. The molecule has 6 nitrogen and oxygen atoms in total. The Kier molecular flexibility index (Phi) is 10.2. The van der Waals surface area contributed by atoms with Gasteiger partial charge in [0, 0.05) is 14.4 Å². The van der Waals surface area contributed by atoms with Crippen molar-refractivity contribution < 1.29 is 76.1 Å². The number of rotatable bonds is 6. The fourth-order valence-corrected chi connectivity index (χ4v) is 7.71. The average molecular weight is 904 g/mol. The summed E-state index contributed by atoms with van der Waals surface area (Å²) in [5, 5.41) is 25.1. The first-order valence-electron chi connectivity index (χ1n) is 11.5. The fraction of sp³-hybridized carbons (Fsp3) is 0.500. The molecule has 0 fully saturated rings. The van der Waals surface area contributed by atoms with E-state index in [1.165, 1.54) is 45.2 Å². The van der Waals surface area contributed by atoms with Crippen LogP contribution >= 0.6 is 45.2 Å². The molecular formula is C22H13F15I2N4O2. The summed E-state index contributed by atoms with van der Waals surface area (Å²) in [7, 11) is 0. The molecule has 3 unspecified atom stereocenters. The zero-order chi connectivity index (χ0) is 34.7. The predicted molar refractivity (Wildman–Crippen MR) is 139 cm³/mol. The number of aromatic nitrogens is 2. The van der Waals surface area contributed by atoms with Crippen LogP contribution in [0.3, 0.4) is 0 Å². The van der Waals surface area contributed by atoms with Gasteiger partial charge in [0.1, 0.15) is 28.2 Å². The van der Waals surface area contributed by atoms with Crippen LogP contribution in [0, 0.1) is 11.3 Å². The van der Waals surface area contributed by atoms with Gasteiger partial charge < -0.3 is 10.2 Å². The first-order valence-corrected chi connectivity index (χ1v) is 14.5. The molecule has 3 atom stereocenters. The number of hydrogen-bond acceptors (Lipinski definition) is 6. The maximum atomic E-state index is 14.2. The highest BCUT2D eigenvalue weighted by molar-refractivity contribution is 14.1. The van der Waals surface area contributed by atoms with Gasteiger partial charge in [-0.25, -0.2) is 15.0 Å². The number of aliphatic hydroxyl groups is 2. The molecule has 23 heteroatoms. The van der Waals surface area contributed by atoms with Crippen molar-refractivity contribution in [1.29, 1.82) is 0 Å². The van der Waals surface area contributed by atoms with Gasteiger partial charge in [-0.2, -0.15) is 71.0 Å². The number of pyridine rings is 2. The number of hydrazone groups is 1. The maximum Gasteiger partial charge on any atom is 0.433 e. The van der Waals surface area contributed by atoms with Crippen molar-refractivity contribution in [2.24, 2.45) is 16.4 Å². The third kappa shape index (κ3) is 7.33. The van der Waals surface area contributed by atoms with Crippen LogP contribution in [0.25, 0.3) is 0 Å². The van der Waals surface area contributed by atoms with E-state index in [-0.39, 0.29) is 29.3 Å². The van der Waals surface area contributed by atoms with Gasteiger partial charge >= 0.3 is 30.9 Å². The van der Waals surface area contributed by atoms with Crippen LogP contribution in [-0.2, 0) is 24.7 Å². The summed E-state index contributed by atoms with van der Waals surface area (Å²) >= 11 is 2.79. The lowest BCUT2D eigenvalue weighted by molar-refractivity contribution is -0.244. The summed E-state index contributed by atoms with van der Waals surface area (Å²) in [6, 6.07) is -0.829. The van der Waals surface area contributed by atoms with Gasteiger partial charge in [0.25, 0.3) is 0 Å². The summed E-state index contributed by atoms with van der Waals surface area (Å²) in [6.07, 6.45) is -35.5. The van der Waals surface area contributed by atoms with Gasteiger partial charge in [-0.3, -0.25) is 0 Å². The molecule has 1 aliphatic heterocycles. The molecule has 1 aliphatic rings. The Morgan fingerprint density at radius 2 is 1.04 bits per heavy atom. The third-order valence-electron chi connectivity index (χ3n) is 6.42. The van der Waals surface area contributed by atoms with Gasteiger partial charge in [0.05, 0.1) is 11.4 Å². The molecule has 0 bridgehead atoms. The van der Waals surface area contributed by atoms with Gasteiger partial charge in [0.2, 0.25) is 0 Å². The lowest BCUT2D eigenvalue weighted by Crippen LogP contribution is -2.61. The van der Waals surface area contributed by atoms with Crippen molar-refractivity contribution in [2.75, 3.05) is 13.9 Å². The monoisotopic (exact) mass is 904 g/mol. The Morgan fingerprint density at radius 1 is 0.689 bits per heavy atom. The summed E-state index contributed by atoms with van der Waals surface area (Å²) in [5.74, 6) is -1.79. The molecule has 0 radical (unpaired) electrons. The molecule has 2 N–H and O–H groups in total. The molecule has 0 amide bonds. The first kappa shape index (κ1) is 37.6. The van der Waals surface area contributed by atoms with Crippen molar-refractivity contribution in [3.8, 4) is 0 Å². The van der Waals surface area contributed by atoms with E-state index in [1.54, 1.807) is 0 Å². The van der Waals surface area contributed by atoms with E-state index >= 15 is 0 Å². The smallest absolute Gasteiger partial charge is 0.383 e. The Morgan fingerprint density at radius 3 is 1.36 bits per heavy atom. The molecule has 45 heavy (non-hydrogen) atoms. The first-order chi connectivity index (χ1) is 20.2. The second kappa shape index (κ2) is 12.3. The third-order valence-corrected chi connectivity index (χ3v) is 8.55. The minimum atomic E-state index is -5.84. The molecule has 3 heterocycles. The number of anilines is 1. The average Bonchev–Trinajstić information content (AvgIpc) is 3.19. The summed E-state index contributed by atoms with van der Waals surface area (Å²) < 4.78 is 204. The second-order valence-corrected chi connectivity index (χ2v) is 11.0. The van der Waals surface area contributed by atoms with E-state index < -0.39 is 103 Å². The van der Waals surface area contributed by atoms with Crippen molar-refractivity contribution in [2.45, 2.75) is 43.2 Å². The molecular weight excluding hydrogens is 891 g/mol. The molecule has 2 aromatic heterocycles. The maximum absolute atomic E-state index is 14.2. The van der Waals surface area contributed by atoms with Gasteiger partial charge in [-0.05, 0) is 30.2 Å². The lowest BCUT2D eigenvalue weighted by atomic mass is 9.66. The quantitative estimate of drug-likeness (QED) is 0.179. The highest BCUT2D eigenvalue weighted by Crippen LogP contribution is 2.53. The van der Waals surface area contributed by atoms with Crippen molar-refractivity contribution in [3.63, 3.8) is 0 Å². The van der Waals surface area contributed by atoms with Gasteiger partial charge in [0.15, 0.2) is 12.3 Å². The van der Waals surface area contributed by atoms with Crippen molar-refractivity contribution in [3.05, 3.63) is 52.6 Å². The van der Waals surface area contributed by atoms with E-state index in [0.29, 0.717) is 0 Å². The standard InChI is InChI=1S/C22H13F15I2N4O2/c23-18(24,25)10-1-7(2-11(40-10)19(26,27)28)14-17(8(5-38)6-39,15(44)22(35,36)37)16(45)43(42-14)9-3-12(20(29,30)31)41-13(4-9)21(32,33)34/h1-4,8,15-16,44-45H,5-6H2. The molecule has 2 aromatic rings. The Hall–Kier alpha value is -1.90. The van der Waals surface area contributed by atoms with Crippen LogP contribution in [0.15, 0.2) is 29.4 Å². The van der Waals surface area contributed by atoms with E-state index in [0.717, 1.165) is 0 Å². The van der Waals surface area contributed by atoms with Crippen molar-refractivity contribution >= 4 is 56.6 Å². The van der Waals surface area contributed by atoms with E-state index in [9.17, 15) is 76.1 Å². The van der Waals surface area contributed by atoms with Crippen LogP contribution < -0.4 is 5.01 Å². The zero-order valence-electron chi connectivity index (χ0n) is 21.1. The van der Waals surface area contributed by atoms with Gasteiger partial charge in [-0.1, -0.05) is 45.2 Å². The zero-order valence-corrected chi connectivity index (χ0v) is 25.4. The van der Waals surface area contributed by atoms with Crippen LogP contribution in [0.2, 0.25) is 0 Å². The normalized spacial score (nSPS) is 21.0. The van der Waals surface area contributed by atoms with Crippen molar-refractivity contribution in [1.82, 2.24) is 9.97 Å². The van der Waals surface area contributed by atoms with Gasteiger partial charge in [-0.15, -0.1) is 0 Å². The topological polar surface area (TPSA) is 81.8 Å². The molecule has 252 valence electrons. The lowest BCUT2D eigenvalue weighted by Gasteiger charge is -2.44. The van der Waals surface area contributed by atoms with E-state index in [4.69, 9.17) is 0 Å². The molecule has 0 aromatic carbocycles. The number of nitrogens with zero attached hydrogens (tertiary/aromatic N) is 4. The summed E-state index contributed by atoms with van der Waals surface area (Å²) in [4.78, 5) is 4.83. The number of aliphatic hydroxyl groups excluding tert-OH is 2. The molecule has 0 saturated heterocycles. The number of hydrogen-bond donors (Lipinski definition) is 2. The van der Waals surface area contributed by atoms with Crippen LogP contribution in [0.4, 0.5) is 71.5 Å². The molecule has 3 rings (SSSR count). The highest BCUT2D eigenvalue weighted by Gasteiger charge is 2.67. The molecule has 0 saturated carbocycles. The van der Waals surface area contributed by atoms with Crippen LogP contribution in [0.1, 0.15) is 28.3 Å². The Balaban J connectivity index is 2.56. The minimum Gasteiger partial charge on any atom is -0.383 e. The fourth-order valence-electron chi connectivity index (χ4n) is 4.44. The number of halogens is 17. The summed E-state index contributed by atoms with van der Waals surface area (Å²) in [6.45, 7) is 0. The molecule has 0 aliphatic carbocycles. The van der Waals surface area contributed by atoms with Crippen LogP contribution in [0.5, 0.6) is 0 Å². The largest absolute Gasteiger partial charge is 0.433 e. The Labute approximate surface area is 268 Å². The molecule has 0 spiro atoms. The highest BCUT2D eigenvalue weighted by atomic mass is 127. The SMILES string of the molecule is OC1N(c2cc(C(F)(F)F)nc(C(F)(F)F)c2)N=C(c2cc(C(F)(F)F)nc(C(F)(F)F)c2)C1(C(CI)CI)C(O)C(F)(F)F. The predicted octanol–water partition coefficient (Wildman–Crippen LogP) is 7.49. The number of alkyl halides is 17. The minimum absolute atomic E-state index is 0.201. The summed E-state index contributed by atoms with van der Waals surface area (Å²) in [5.41, 5.74) is -17.3. The van der Waals surface area contributed by atoms with Crippen LogP contribution in [-0.4, -0.2) is 53.3 Å². The second-order valence-electron chi connectivity index (χ2n) is 9.26. The van der Waals surface area contributed by atoms with E-state index in [2.05, 4.69) is 15.1 Å². The van der Waals surface area contributed by atoms with E-state index in [1.807, 2.05) is 0 Å².